The van der Waals surface area contributed by atoms with E-state index in [1.54, 1.807) is 31.1 Å². The number of carbonyl (C=O) groups excluding carboxylic acids is 2. The first-order valence-electron chi connectivity index (χ1n) is 7.92. The molecule has 25 heavy (non-hydrogen) atoms. The number of cyclic esters (lactones) is 1. The normalized spacial score (nSPS) is 16.6. The third-order valence-electron chi connectivity index (χ3n) is 3.97. The van der Waals surface area contributed by atoms with E-state index < -0.39 is 12.2 Å². The predicted octanol–water partition coefficient (Wildman–Crippen LogP) is 1.11. The average molecular weight is 344 g/mol. The van der Waals surface area contributed by atoms with Crippen molar-refractivity contribution in [3.8, 4) is 5.75 Å². The summed E-state index contributed by atoms with van der Waals surface area (Å²) >= 11 is 0. The molecular formula is C17H20N4O4. The van der Waals surface area contributed by atoms with E-state index in [9.17, 15) is 9.59 Å². The van der Waals surface area contributed by atoms with Crippen LogP contribution in [0, 0.1) is 0 Å². The first-order valence-corrected chi connectivity index (χ1v) is 7.92. The van der Waals surface area contributed by atoms with Crippen LogP contribution in [0.3, 0.4) is 0 Å². The summed E-state index contributed by atoms with van der Waals surface area (Å²) in [5.74, 6) is 1.24. The standard InChI is InChI=1S/C17H20N4O4/c1-20-16(6-7-19-20)21-11-14(25-17(21)23)10-18-15(22)9-12-4-3-5-13(8-12)24-2/h3-8,14H,9-11H2,1-2H3,(H,18,22). The maximum atomic E-state index is 12.1. The van der Waals surface area contributed by atoms with E-state index >= 15 is 0 Å². The van der Waals surface area contributed by atoms with Gasteiger partial charge in [0.05, 0.1) is 32.8 Å². The molecule has 2 amide bonds. The fourth-order valence-electron chi connectivity index (χ4n) is 2.70. The van der Waals surface area contributed by atoms with Crippen LogP contribution in [0.15, 0.2) is 36.5 Å². The van der Waals surface area contributed by atoms with Crippen LogP contribution in [0.1, 0.15) is 5.56 Å². The van der Waals surface area contributed by atoms with Gasteiger partial charge in [-0.25, -0.2) is 4.79 Å². The Balaban J connectivity index is 1.51. The summed E-state index contributed by atoms with van der Waals surface area (Å²) in [7, 11) is 3.34. The minimum atomic E-state index is -0.435. The number of aryl methyl sites for hydroxylation is 1. The number of rotatable bonds is 6. The smallest absolute Gasteiger partial charge is 0.416 e. The topological polar surface area (TPSA) is 85.7 Å². The van der Waals surface area contributed by atoms with E-state index in [1.807, 2.05) is 24.3 Å². The summed E-state index contributed by atoms with van der Waals surface area (Å²) in [4.78, 5) is 25.6. The van der Waals surface area contributed by atoms with Crippen molar-refractivity contribution in [3.05, 3.63) is 42.1 Å². The first kappa shape index (κ1) is 16.8. The van der Waals surface area contributed by atoms with Gasteiger partial charge in [-0.1, -0.05) is 12.1 Å². The number of amides is 2. The lowest BCUT2D eigenvalue weighted by atomic mass is 10.1. The molecular weight excluding hydrogens is 324 g/mol. The number of hydrogen-bond acceptors (Lipinski definition) is 5. The minimum absolute atomic E-state index is 0.136. The number of nitrogens with zero attached hydrogens (tertiary/aromatic N) is 3. The summed E-state index contributed by atoms with van der Waals surface area (Å²) in [6.07, 6.45) is 1.03. The van der Waals surface area contributed by atoms with Gasteiger partial charge in [0.25, 0.3) is 0 Å². The van der Waals surface area contributed by atoms with Crippen molar-refractivity contribution in [3.63, 3.8) is 0 Å². The largest absolute Gasteiger partial charge is 0.497 e. The molecule has 1 atom stereocenters. The van der Waals surface area contributed by atoms with Crippen LogP contribution >= 0.6 is 0 Å². The summed E-state index contributed by atoms with van der Waals surface area (Å²) in [5, 5.41) is 6.85. The Hall–Kier alpha value is -3.03. The van der Waals surface area contributed by atoms with Crippen molar-refractivity contribution in [2.24, 2.45) is 7.05 Å². The third-order valence-corrected chi connectivity index (χ3v) is 3.97. The molecule has 0 spiro atoms. The van der Waals surface area contributed by atoms with Gasteiger partial charge in [-0.15, -0.1) is 0 Å². The molecule has 0 radical (unpaired) electrons. The molecule has 2 aromatic rings. The zero-order valence-electron chi connectivity index (χ0n) is 14.1. The van der Waals surface area contributed by atoms with Crippen LogP contribution in [0.5, 0.6) is 5.75 Å². The molecule has 2 heterocycles. The summed E-state index contributed by atoms with van der Waals surface area (Å²) in [6, 6.07) is 9.09. The number of ether oxygens (including phenoxy) is 2. The Morgan fingerprint density at radius 2 is 2.28 bits per heavy atom. The summed E-state index contributed by atoms with van der Waals surface area (Å²) in [6.45, 7) is 0.640. The molecule has 1 aliphatic heterocycles. The fourth-order valence-corrected chi connectivity index (χ4v) is 2.70. The monoisotopic (exact) mass is 344 g/mol. The second-order valence-corrected chi connectivity index (χ2v) is 5.76. The Bertz CT molecular complexity index is 774. The number of methoxy groups -OCH3 is 1. The van der Waals surface area contributed by atoms with E-state index in [0.29, 0.717) is 18.1 Å². The predicted molar refractivity (Wildman–Crippen MR) is 90.5 cm³/mol. The molecule has 1 saturated heterocycles. The van der Waals surface area contributed by atoms with Gasteiger partial charge in [0.15, 0.2) is 0 Å². The SMILES string of the molecule is COc1cccc(CC(=O)NCC2CN(c3ccnn3C)C(=O)O2)c1. The highest BCUT2D eigenvalue weighted by molar-refractivity contribution is 5.88. The van der Waals surface area contributed by atoms with Crippen LogP contribution < -0.4 is 15.0 Å². The molecule has 1 aromatic carbocycles. The zero-order chi connectivity index (χ0) is 17.8. The van der Waals surface area contributed by atoms with E-state index in [1.165, 1.54) is 4.90 Å². The van der Waals surface area contributed by atoms with Gasteiger partial charge in [-0.3, -0.25) is 14.4 Å². The quantitative estimate of drug-likeness (QED) is 0.848. The molecule has 1 unspecified atom stereocenters. The number of carbonyl (C=O) groups is 2. The van der Waals surface area contributed by atoms with Gasteiger partial charge in [0.2, 0.25) is 5.91 Å². The van der Waals surface area contributed by atoms with Crippen molar-refractivity contribution < 1.29 is 19.1 Å². The van der Waals surface area contributed by atoms with Gasteiger partial charge < -0.3 is 14.8 Å². The number of benzene rings is 1. The van der Waals surface area contributed by atoms with Gasteiger partial charge >= 0.3 is 6.09 Å². The lowest BCUT2D eigenvalue weighted by molar-refractivity contribution is -0.120. The second-order valence-electron chi connectivity index (χ2n) is 5.76. The highest BCUT2D eigenvalue weighted by atomic mass is 16.6. The van der Waals surface area contributed by atoms with Crippen LogP contribution in [-0.2, 0) is 23.0 Å². The van der Waals surface area contributed by atoms with Crippen LogP contribution in [0.25, 0.3) is 0 Å². The minimum Gasteiger partial charge on any atom is -0.497 e. The maximum absolute atomic E-state index is 12.1. The van der Waals surface area contributed by atoms with Crippen molar-refractivity contribution in [2.45, 2.75) is 12.5 Å². The lowest BCUT2D eigenvalue weighted by Crippen LogP contribution is -2.35. The number of hydrogen-bond donors (Lipinski definition) is 1. The van der Waals surface area contributed by atoms with Crippen LogP contribution in [-0.4, -0.2) is 48.1 Å². The second kappa shape index (κ2) is 7.25. The van der Waals surface area contributed by atoms with Crippen LogP contribution in [0.4, 0.5) is 10.6 Å². The number of anilines is 1. The van der Waals surface area contributed by atoms with Crippen molar-refractivity contribution >= 4 is 17.8 Å². The molecule has 8 heteroatoms. The first-order chi connectivity index (χ1) is 12.1. The summed E-state index contributed by atoms with van der Waals surface area (Å²) < 4.78 is 12.0. The molecule has 8 nitrogen and oxygen atoms in total. The Labute approximate surface area is 145 Å². The number of nitrogens with one attached hydrogen (secondary N) is 1. The van der Waals surface area contributed by atoms with Gasteiger partial charge in [0, 0.05) is 13.1 Å². The molecule has 0 aliphatic carbocycles. The molecule has 1 aliphatic rings. The van der Waals surface area contributed by atoms with Gasteiger partial charge in [-0.2, -0.15) is 5.10 Å². The van der Waals surface area contributed by atoms with Gasteiger partial charge in [0.1, 0.15) is 17.7 Å². The van der Waals surface area contributed by atoms with Crippen molar-refractivity contribution in [1.82, 2.24) is 15.1 Å². The molecule has 1 N–H and O–H groups in total. The molecule has 0 bridgehead atoms. The third kappa shape index (κ3) is 3.90. The van der Waals surface area contributed by atoms with E-state index in [0.717, 1.165) is 5.56 Å². The van der Waals surface area contributed by atoms with Crippen molar-refractivity contribution in [2.75, 3.05) is 25.1 Å². The molecule has 1 aromatic heterocycles. The molecule has 132 valence electrons. The van der Waals surface area contributed by atoms with E-state index in [4.69, 9.17) is 9.47 Å². The maximum Gasteiger partial charge on any atom is 0.416 e. The highest BCUT2D eigenvalue weighted by Crippen LogP contribution is 2.20. The molecule has 0 saturated carbocycles. The Morgan fingerprint density at radius 1 is 1.44 bits per heavy atom. The van der Waals surface area contributed by atoms with Gasteiger partial charge in [-0.05, 0) is 17.7 Å². The summed E-state index contributed by atoms with van der Waals surface area (Å²) in [5.41, 5.74) is 0.858. The molecule has 3 rings (SSSR count). The Morgan fingerprint density at radius 3 is 3.00 bits per heavy atom. The van der Waals surface area contributed by atoms with E-state index in [-0.39, 0.29) is 18.9 Å². The van der Waals surface area contributed by atoms with Crippen molar-refractivity contribution in [1.29, 1.82) is 0 Å². The Kier molecular flexibility index (Phi) is 4.87. The number of aromatic nitrogens is 2. The molecule has 1 fully saturated rings. The van der Waals surface area contributed by atoms with Crippen LogP contribution in [0.2, 0.25) is 0 Å². The highest BCUT2D eigenvalue weighted by Gasteiger charge is 2.33. The van der Waals surface area contributed by atoms with E-state index in [2.05, 4.69) is 10.4 Å². The fraction of sp³-hybridized carbons (Fsp3) is 0.353. The average Bonchev–Trinajstić information content (AvgIpc) is 3.18. The lowest BCUT2D eigenvalue weighted by Gasteiger charge is -2.12. The zero-order valence-corrected chi connectivity index (χ0v) is 14.1.